The van der Waals surface area contributed by atoms with Gasteiger partial charge in [0.25, 0.3) is 0 Å². The van der Waals surface area contributed by atoms with E-state index in [0.29, 0.717) is 31.9 Å². The van der Waals surface area contributed by atoms with Gasteiger partial charge >= 0.3 is 6.18 Å². The third kappa shape index (κ3) is 4.97. The summed E-state index contributed by atoms with van der Waals surface area (Å²) in [6, 6.07) is 15.1. The summed E-state index contributed by atoms with van der Waals surface area (Å²) in [5.74, 6) is 0.0625. The van der Waals surface area contributed by atoms with Crippen LogP contribution in [0.5, 0.6) is 0 Å². The van der Waals surface area contributed by atoms with Crippen LogP contribution in [0.1, 0.15) is 12.5 Å². The van der Waals surface area contributed by atoms with Crippen molar-refractivity contribution in [2.45, 2.75) is 23.2 Å². The van der Waals surface area contributed by atoms with Gasteiger partial charge in [-0.1, -0.05) is 24.3 Å². The smallest absolute Gasteiger partial charge is 0.368 e. The maximum atomic E-state index is 12.9. The number of anilines is 1. The molecule has 144 valence electrons. The van der Waals surface area contributed by atoms with Crippen molar-refractivity contribution in [2.75, 3.05) is 31.1 Å². The number of carbonyl (C=O) groups is 1. The zero-order chi connectivity index (χ0) is 19.4. The lowest BCUT2D eigenvalue weighted by Gasteiger charge is -2.37. The van der Waals surface area contributed by atoms with Gasteiger partial charge in [0.05, 0.1) is 10.8 Å². The Morgan fingerprint density at radius 3 is 2.30 bits per heavy atom. The Labute approximate surface area is 161 Å². The van der Waals surface area contributed by atoms with Gasteiger partial charge in [-0.05, 0) is 37.3 Å². The van der Waals surface area contributed by atoms with Crippen LogP contribution in [0.3, 0.4) is 0 Å². The summed E-state index contributed by atoms with van der Waals surface area (Å²) in [6.45, 7) is 3.95. The number of rotatable bonds is 4. The van der Waals surface area contributed by atoms with E-state index >= 15 is 0 Å². The standard InChI is InChI=1S/C20H21F3N2OS/c1-15(27-18-8-3-2-4-9-18)19(26)25-12-10-24(11-13-25)17-7-5-6-16(14-17)20(21,22)23/h2-9,14-15H,10-13H2,1H3. The summed E-state index contributed by atoms with van der Waals surface area (Å²) >= 11 is 1.52. The van der Waals surface area contributed by atoms with E-state index in [4.69, 9.17) is 0 Å². The first-order valence-corrected chi connectivity index (χ1v) is 9.65. The van der Waals surface area contributed by atoms with E-state index < -0.39 is 11.7 Å². The fourth-order valence-corrected chi connectivity index (χ4v) is 4.05. The van der Waals surface area contributed by atoms with E-state index in [0.717, 1.165) is 11.0 Å². The molecule has 1 amide bonds. The maximum absolute atomic E-state index is 12.9. The van der Waals surface area contributed by atoms with Gasteiger partial charge < -0.3 is 9.80 Å². The van der Waals surface area contributed by atoms with Gasteiger partial charge in [-0.2, -0.15) is 13.2 Å². The number of halogens is 3. The summed E-state index contributed by atoms with van der Waals surface area (Å²) in [7, 11) is 0. The van der Waals surface area contributed by atoms with Gasteiger partial charge in [-0.25, -0.2) is 0 Å². The Balaban J connectivity index is 1.58. The summed E-state index contributed by atoms with van der Waals surface area (Å²) < 4.78 is 38.7. The van der Waals surface area contributed by atoms with Crippen molar-refractivity contribution in [3.05, 3.63) is 60.2 Å². The monoisotopic (exact) mass is 394 g/mol. The normalized spacial score (nSPS) is 16.3. The van der Waals surface area contributed by atoms with E-state index in [-0.39, 0.29) is 11.2 Å². The molecule has 27 heavy (non-hydrogen) atoms. The Kier molecular flexibility index (Phi) is 5.99. The first-order valence-electron chi connectivity index (χ1n) is 8.77. The van der Waals surface area contributed by atoms with E-state index in [1.54, 1.807) is 11.0 Å². The molecule has 1 saturated heterocycles. The van der Waals surface area contributed by atoms with E-state index in [1.165, 1.54) is 23.9 Å². The van der Waals surface area contributed by atoms with Crippen LogP contribution in [0.4, 0.5) is 18.9 Å². The summed E-state index contributed by atoms with van der Waals surface area (Å²) in [4.78, 5) is 17.4. The molecule has 0 N–H and O–H groups in total. The molecule has 1 aliphatic rings. The third-order valence-electron chi connectivity index (χ3n) is 4.53. The fourth-order valence-electron chi connectivity index (χ4n) is 3.07. The number of hydrogen-bond acceptors (Lipinski definition) is 3. The molecule has 7 heteroatoms. The number of piperazine rings is 1. The van der Waals surface area contributed by atoms with E-state index in [9.17, 15) is 18.0 Å². The Morgan fingerprint density at radius 2 is 1.67 bits per heavy atom. The molecular formula is C20H21F3N2OS. The molecule has 1 fully saturated rings. The number of carbonyl (C=O) groups excluding carboxylic acids is 1. The minimum Gasteiger partial charge on any atom is -0.368 e. The lowest BCUT2D eigenvalue weighted by Crippen LogP contribution is -2.50. The van der Waals surface area contributed by atoms with Gasteiger partial charge in [0.15, 0.2) is 0 Å². The fraction of sp³-hybridized carbons (Fsp3) is 0.350. The largest absolute Gasteiger partial charge is 0.416 e. The first-order chi connectivity index (χ1) is 12.8. The van der Waals surface area contributed by atoms with E-state index in [2.05, 4.69) is 0 Å². The summed E-state index contributed by atoms with van der Waals surface area (Å²) in [5, 5.41) is -0.201. The average Bonchev–Trinajstić information content (AvgIpc) is 2.68. The van der Waals surface area contributed by atoms with Gasteiger partial charge in [-0.3, -0.25) is 4.79 Å². The predicted molar refractivity (Wildman–Crippen MR) is 102 cm³/mol. The van der Waals surface area contributed by atoms with Crippen LogP contribution in [-0.4, -0.2) is 42.2 Å². The minimum atomic E-state index is -4.35. The molecule has 1 aliphatic heterocycles. The lowest BCUT2D eigenvalue weighted by molar-refractivity contribution is -0.137. The number of thioether (sulfide) groups is 1. The highest BCUT2D eigenvalue weighted by Crippen LogP contribution is 2.32. The minimum absolute atomic E-state index is 0.0625. The third-order valence-corrected chi connectivity index (χ3v) is 5.63. The molecule has 2 aromatic rings. The number of hydrogen-bond donors (Lipinski definition) is 0. The van der Waals surface area contributed by atoms with Gasteiger partial charge in [0.1, 0.15) is 0 Å². The number of amides is 1. The molecule has 1 heterocycles. The molecule has 2 aromatic carbocycles. The van der Waals surface area contributed by atoms with E-state index in [1.807, 2.05) is 42.2 Å². The Hall–Kier alpha value is -2.15. The van der Waals surface area contributed by atoms with Crippen molar-refractivity contribution in [1.82, 2.24) is 4.90 Å². The van der Waals surface area contributed by atoms with Crippen molar-refractivity contribution >= 4 is 23.4 Å². The van der Waals surface area contributed by atoms with Crippen LogP contribution in [0, 0.1) is 0 Å². The average molecular weight is 394 g/mol. The molecule has 0 spiro atoms. The SMILES string of the molecule is CC(Sc1ccccc1)C(=O)N1CCN(c2cccc(C(F)(F)F)c2)CC1. The highest BCUT2D eigenvalue weighted by molar-refractivity contribution is 8.00. The van der Waals surface area contributed by atoms with Crippen molar-refractivity contribution in [3.8, 4) is 0 Å². The summed E-state index contributed by atoms with van der Waals surface area (Å²) in [6.07, 6.45) is -4.35. The second-order valence-corrected chi connectivity index (χ2v) is 7.85. The van der Waals surface area contributed by atoms with Crippen molar-refractivity contribution in [1.29, 1.82) is 0 Å². The van der Waals surface area contributed by atoms with Gasteiger partial charge in [0, 0.05) is 36.8 Å². The topological polar surface area (TPSA) is 23.6 Å². The second kappa shape index (κ2) is 8.25. The zero-order valence-corrected chi connectivity index (χ0v) is 15.8. The zero-order valence-electron chi connectivity index (χ0n) is 14.9. The van der Waals surface area contributed by atoms with Crippen LogP contribution in [0.15, 0.2) is 59.5 Å². The maximum Gasteiger partial charge on any atom is 0.416 e. The van der Waals surface area contributed by atoms with Crippen LogP contribution >= 0.6 is 11.8 Å². The molecule has 0 aromatic heterocycles. The molecule has 0 aliphatic carbocycles. The Bertz CT molecular complexity index is 774. The van der Waals surface area contributed by atoms with Gasteiger partial charge in [0.2, 0.25) is 5.91 Å². The molecule has 0 radical (unpaired) electrons. The van der Waals surface area contributed by atoms with Crippen LogP contribution in [0.25, 0.3) is 0 Å². The number of nitrogens with zero attached hydrogens (tertiary/aromatic N) is 2. The lowest BCUT2D eigenvalue weighted by atomic mass is 10.1. The highest BCUT2D eigenvalue weighted by atomic mass is 32.2. The molecule has 0 bridgehead atoms. The second-order valence-electron chi connectivity index (χ2n) is 6.43. The molecule has 0 saturated carbocycles. The van der Waals surface area contributed by atoms with Crippen LogP contribution in [0.2, 0.25) is 0 Å². The molecule has 3 rings (SSSR count). The highest BCUT2D eigenvalue weighted by Gasteiger charge is 2.31. The van der Waals surface area contributed by atoms with Gasteiger partial charge in [-0.15, -0.1) is 11.8 Å². The number of alkyl halides is 3. The number of benzene rings is 2. The first kappa shape index (κ1) is 19.6. The van der Waals surface area contributed by atoms with Crippen molar-refractivity contribution < 1.29 is 18.0 Å². The Morgan fingerprint density at radius 1 is 1.00 bits per heavy atom. The summed E-state index contributed by atoms with van der Waals surface area (Å²) in [5.41, 5.74) is -0.102. The van der Waals surface area contributed by atoms with Crippen molar-refractivity contribution in [2.24, 2.45) is 0 Å². The molecule has 1 atom stereocenters. The predicted octanol–water partition coefficient (Wildman–Crippen LogP) is 4.53. The van der Waals surface area contributed by atoms with Crippen LogP contribution < -0.4 is 4.90 Å². The van der Waals surface area contributed by atoms with Crippen molar-refractivity contribution in [3.63, 3.8) is 0 Å². The molecule has 1 unspecified atom stereocenters. The quantitative estimate of drug-likeness (QED) is 0.712. The van der Waals surface area contributed by atoms with Crippen LogP contribution in [-0.2, 0) is 11.0 Å². The molecule has 3 nitrogen and oxygen atoms in total. The molecular weight excluding hydrogens is 373 g/mol.